The zero-order valence-corrected chi connectivity index (χ0v) is 14.7. The number of thiazole rings is 1. The van der Waals surface area contributed by atoms with Crippen LogP contribution in [0.15, 0.2) is 12.1 Å². The molecule has 134 valence electrons. The number of fused-ring (bicyclic) bond motifs is 1. The molecule has 1 fully saturated rings. The van der Waals surface area contributed by atoms with E-state index in [0.717, 1.165) is 30.2 Å². The number of amides is 3. The lowest BCUT2D eigenvalue weighted by molar-refractivity contribution is -0.134. The highest BCUT2D eigenvalue weighted by molar-refractivity contribution is 7.22. The van der Waals surface area contributed by atoms with Crippen LogP contribution in [0.2, 0.25) is 0 Å². The van der Waals surface area contributed by atoms with E-state index in [1.807, 2.05) is 0 Å². The molecule has 3 rings (SSSR count). The standard InChI is InChI=1S/C16H18F2N4O2S/c1-21(2)14(23)9-4-3-5-22(8-9)16(24)20-15-19-13-11(18)6-10(17)7-12(13)25-15/h6-7,9H,3-5,8H2,1-2H3,(H,19,20,24). The van der Waals surface area contributed by atoms with Gasteiger partial charge in [-0.3, -0.25) is 10.1 Å². The zero-order chi connectivity index (χ0) is 18.1. The van der Waals surface area contributed by atoms with E-state index >= 15 is 0 Å². The minimum absolute atomic E-state index is 0.00460. The fourth-order valence-electron chi connectivity index (χ4n) is 2.91. The Morgan fingerprint density at radius 2 is 2.12 bits per heavy atom. The molecule has 1 aromatic heterocycles. The molecule has 0 radical (unpaired) electrons. The number of benzene rings is 1. The summed E-state index contributed by atoms with van der Waals surface area (Å²) < 4.78 is 27.3. The normalized spacial score (nSPS) is 17.6. The van der Waals surface area contributed by atoms with Crippen LogP contribution in [0.25, 0.3) is 10.2 Å². The average Bonchev–Trinajstić information content (AvgIpc) is 2.96. The number of aromatic nitrogens is 1. The molecule has 1 atom stereocenters. The molecule has 6 nitrogen and oxygen atoms in total. The topological polar surface area (TPSA) is 65.5 Å². The van der Waals surface area contributed by atoms with Crippen molar-refractivity contribution < 1.29 is 18.4 Å². The Morgan fingerprint density at radius 3 is 2.84 bits per heavy atom. The van der Waals surface area contributed by atoms with Gasteiger partial charge in [-0.25, -0.2) is 18.6 Å². The van der Waals surface area contributed by atoms with E-state index in [1.165, 1.54) is 11.0 Å². The summed E-state index contributed by atoms with van der Waals surface area (Å²) >= 11 is 1.01. The van der Waals surface area contributed by atoms with Gasteiger partial charge < -0.3 is 9.80 Å². The Morgan fingerprint density at radius 1 is 1.36 bits per heavy atom. The molecule has 1 aromatic carbocycles. The first kappa shape index (κ1) is 17.5. The highest BCUT2D eigenvalue weighted by atomic mass is 32.1. The molecule has 1 saturated heterocycles. The number of anilines is 1. The second kappa shape index (κ2) is 6.91. The van der Waals surface area contributed by atoms with Crippen LogP contribution < -0.4 is 5.32 Å². The molecule has 0 bridgehead atoms. The SMILES string of the molecule is CN(C)C(=O)C1CCCN(C(=O)Nc2nc3c(F)cc(F)cc3s2)C1. The molecule has 0 aliphatic carbocycles. The minimum Gasteiger partial charge on any atom is -0.349 e. The largest absolute Gasteiger partial charge is 0.349 e. The third-order valence-electron chi connectivity index (χ3n) is 4.13. The van der Waals surface area contributed by atoms with Gasteiger partial charge in [0.1, 0.15) is 11.3 Å². The number of nitrogens with zero attached hydrogens (tertiary/aromatic N) is 3. The van der Waals surface area contributed by atoms with Gasteiger partial charge in [-0.15, -0.1) is 0 Å². The maximum absolute atomic E-state index is 13.7. The van der Waals surface area contributed by atoms with Gasteiger partial charge in [-0.1, -0.05) is 11.3 Å². The van der Waals surface area contributed by atoms with Crippen LogP contribution in [-0.2, 0) is 4.79 Å². The van der Waals surface area contributed by atoms with E-state index in [1.54, 1.807) is 19.0 Å². The summed E-state index contributed by atoms with van der Waals surface area (Å²) in [5, 5.41) is 2.82. The minimum atomic E-state index is -0.763. The van der Waals surface area contributed by atoms with Gasteiger partial charge in [0.05, 0.1) is 10.6 Å². The summed E-state index contributed by atoms with van der Waals surface area (Å²) in [7, 11) is 3.38. The molecule has 1 unspecified atom stereocenters. The summed E-state index contributed by atoms with van der Waals surface area (Å²) in [6, 6.07) is 1.55. The highest BCUT2D eigenvalue weighted by Gasteiger charge is 2.29. The zero-order valence-electron chi connectivity index (χ0n) is 13.9. The Kier molecular flexibility index (Phi) is 4.85. The second-order valence-corrected chi connectivity index (χ2v) is 7.23. The molecule has 9 heteroatoms. The predicted octanol–water partition coefficient (Wildman–Crippen LogP) is 2.91. The van der Waals surface area contributed by atoms with Gasteiger partial charge in [0.15, 0.2) is 10.9 Å². The van der Waals surface area contributed by atoms with Gasteiger partial charge in [0.2, 0.25) is 5.91 Å². The maximum atomic E-state index is 13.7. The molecule has 2 aromatic rings. The first-order chi connectivity index (χ1) is 11.8. The molecule has 1 aliphatic heterocycles. The van der Waals surface area contributed by atoms with Crippen LogP contribution in [0.4, 0.5) is 18.7 Å². The van der Waals surface area contributed by atoms with Crippen LogP contribution >= 0.6 is 11.3 Å². The summed E-state index contributed by atoms with van der Waals surface area (Å²) in [4.78, 5) is 31.6. The van der Waals surface area contributed by atoms with E-state index < -0.39 is 17.7 Å². The van der Waals surface area contributed by atoms with Gasteiger partial charge >= 0.3 is 6.03 Å². The lowest BCUT2D eigenvalue weighted by atomic mass is 9.97. The van der Waals surface area contributed by atoms with Crippen LogP contribution in [0.5, 0.6) is 0 Å². The van der Waals surface area contributed by atoms with Crippen molar-refractivity contribution in [2.45, 2.75) is 12.8 Å². The quantitative estimate of drug-likeness (QED) is 0.886. The number of halogens is 2. The van der Waals surface area contributed by atoms with E-state index in [-0.39, 0.29) is 22.5 Å². The number of hydrogen-bond donors (Lipinski definition) is 1. The van der Waals surface area contributed by atoms with Gasteiger partial charge in [0.25, 0.3) is 0 Å². The average molecular weight is 368 g/mol. The first-order valence-corrected chi connectivity index (χ1v) is 8.69. The van der Waals surface area contributed by atoms with Crippen LogP contribution in [0, 0.1) is 17.6 Å². The van der Waals surface area contributed by atoms with Crippen molar-refractivity contribution in [3.63, 3.8) is 0 Å². The van der Waals surface area contributed by atoms with Gasteiger partial charge in [-0.2, -0.15) is 0 Å². The monoisotopic (exact) mass is 368 g/mol. The molecule has 0 spiro atoms. The van der Waals surface area contributed by atoms with Crippen LogP contribution in [-0.4, -0.2) is 53.9 Å². The molecular formula is C16H18F2N4O2S. The van der Waals surface area contributed by atoms with E-state index in [2.05, 4.69) is 10.3 Å². The van der Waals surface area contributed by atoms with Crippen molar-refractivity contribution in [1.82, 2.24) is 14.8 Å². The van der Waals surface area contributed by atoms with E-state index in [9.17, 15) is 18.4 Å². The smallest absolute Gasteiger partial charge is 0.323 e. The van der Waals surface area contributed by atoms with E-state index in [0.29, 0.717) is 17.8 Å². The molecule has 2 heterocycles. The van der Waals surface area contributed by atoms with Crippen LogP contribution in [0.3, 0.4) is 0 Å². The van der Waals surface area contributed by atoms with Crippen molar-refractivity contribution in [1.29, 1.82) is 0 Å². The summed E-state index contributed by atoms with van der Waals surface area (Å²) in [5.74, 6) is -1.68. The number of piperidine rings is 1. The lowest BCUT2D eigenvalue weighted by Crippen LogP contribution is -2.46. The predicted molar refractivity (Wildman–Crippen MR) is 91.5 cm³/mol. The molecule has 0 saturated carbocycles. The lowest BCUT2D eigenvalue weighted by Gasteiger charge is -2.32. The number of carbonyl (C=O) groups is 2. The third kappa shape index (κ3) is 3.71. The molecule has 25 heavy (non-hydrogen) atoms. The number of urea groups is 1. The molecule has 3 amide bonds. The Balaban J connectivity index is 1.71. The van der Waals surface area contributed by atoms with Crippen molar-refractivity contribution in [2.24, 2.45) is 5.92 Å². The second-order valence-electron chi connectivity index (χ2n) is 6.20. The Labute approximate surface area is 147 Å². The fraction of sp³-hybridized carbons (Fsp3) is 0.438. The third-order valence-corrected chi connectivity index (χ3v) is 5.04. The highest BCUT2D eigenvalue weighted by Crippen LogP contribution is 2.29. The number of nitrogens with one attached hydrogen (secondary N) is 1. The Bertz CT molecular complexity index is 824. The fourth-order valence-corrected chi connectivity index (χ4v) is 3.80. The van der Waals surface area contributed by atoms with Crippen LogP contribution in [0.1, 0.15) is 12.8 Å². The van der Waals surface area contributed by atoms with Gasteiger partial charge in [-0.05, 0) is 18.9 Å². The number of hydrogen-bond acceptors (Lipinski definition) is 4. The molecule has 1 N–H and O–H groups in total. The summed E-state index contributed by atoms with van der Waals surface area (Å²) in [6.07, 6.45) is 1.48. The Hall–Kier alpha value is -2.29. The number of rotatable bonds is 2. The summed E-state index contributed by atoms with van der Waals surface area (Å²) in [6.45, 7) is 0.869. The van der Waals surface area contributed by atoms with Crippen molar-refractivity contribution in [2.75, 3.05) is 32.5 Å². The molecule has 1 aliphatic rings. The van der Waals surface area contributed by atoms with Crippen molar-refractivity contribution in [3.05, 3.63) is 23.8 Å². The summed E-state index contributed by atoms with van der Waals surface area (Å²) in [5.41, 5.74) is 0.0287. The van der Waals surface area contributed by atoms with E-state index in [4.69, 9.17) is 0 Å². The number of carbonyl (C=O) groups excluding carboxylic acids is 2. The molecular weight excluding hydrogens is 350 g/mol. The maximum Gasteiger partial charge on any atom is 0.323 e. The van der Waals surface area contributed by atoms with Crippen molar-refractivity contribution >= 4 is 38.6 Å². The van der Waals surface area contributed by atoms with Crippen molar-refractivity contribution in [3.8, 4) is 0 Å². The van der Waals surface area contributed by atoms with Gasteiger partial charge in [0, 0.05) is 33.3 Å². The number of likely N-dealkylation sites (tertiary alicyclic amines) is 1. The first-order valence-electron chi connectivity index (χ1n) is 7.88.